The third-order valence-corrected chi connectivity index (χ3v) is 6.25. The lowest BCUT2D eigenvalue weighted by Gasteiger charge is -2.49. The molecule has 1 aliphatic heterocycles. The molecule has 2 fully saturated rings. The molecule has 21 heavy (non-hydrogen) atoms. The molecule has 0 bridgehead atoms. The van der Waals surface area contributed by atoms with Gasteiger partial charge in [-0.1, -0.05) is 42.6 Å². The number of anilines is 1. The molecule has 0 aromatic heterocycles. The molecule has 1 spiro atoms. The van der Waals surface area contributed by atoms with E-state index in [1.165, 1.54) is 41.4 Å². The second-order valence-corrected chi connectivity index (χ2v) is 8.10. The number of piperazine rings is 1. The molecule has 1 unspecified atom stereocenters. The van der Waals surface area contributed by atoms with Crippen LogP contribution in [0.3, 0.4) is 0 Å². The normalized spacial score (nSPS) is 25.0. The van der Waals surface area contributed by atoms with Gasteiger partial charge < -0.3 is 10.2 Å². The summed E-state index contributed by atoms with van der Waals surface area (Å²) in [7, 11) is 0. The van der Waals surface area contributed by atoms with Gasteiger partial charge in [0.2, 0.25) is 0 Å². The van der Waals surface area contributed by atoms with Crippen LogP contribution >= 0.6 is 15.9 Å². The molecule has 0 radical (unpaired) electrons. The molecule has 1 atom stereocenters. The highest BCUT2D eigenvalue weighted by atomic mass is 79.9. The predicted octanol–water partition coefficient (Wildman–Crippen LogP) is 4.50. The summed E-state index contributed by atoms with van der Waals surface area (Å²) >= 11 is 3.63. The van der Waals surface area contributed by atoms with E-state index in [-0.39, 0.29) is 0 Å². The van der Waals surface area contributed by atoms with Gasteiger partial charge in [0.1, 0.15) is 0 Å². The van der Waals surface area contributed by atoms with Gasteiger partial charge in [0.05, 0.1) is 0 Å². The van der Waals surface area contributed by atoms with Gasteiger partial charge in [-0.2, -0.15) is 0 Å². The van der Waals surface area contributed by atoms with Crippen LogP contribution in [-0.4, -0.2) is 24.7 Å². The molecule has 1 aromatic rings. The Hall–Kier alpha value is -0.540. The summed E-state index contributed by atoms with van der Waals surface area (Å²) in [6.07, 6.45) is 5.44. The Morgan fingerprint density at radius 2 is 2.00 bits per heavy atom. The number of halogens is 1. The molecular formula is C18H27BrN2. The van der Waals surface area contributed by atoms with Gasteiger partial charge in [-0.3, -0.25) is 0 Å². The van der Waals surface area contributed by atoms with E-state index in [0.717, 1.165) is 13.1 Å². The molecule has 2 nitrogen and oxygen atoms in total. The van der Waals surface area contributed by atoms with Gasteiger partial charge >= 0.3 is 0 Å². The molecule has 1 saturated carbocycles. The van der Waals surface area contributed by atoms with E-state index < -0.39 is 0 Å². The highest BCUT2D eigenvalue weighted by molar-refractivity contribution is 9.10. The largest absolute Gasteiger partial charge is 0.365 e. The standard InChI is InChI=1S/C18H27BrN2/c1-13(2)17-11-20-18(8-4-5-9-18)12-21(17)15-6-7-16(19)14(3)10-15/h6-7,10,13,17,20H,4-5,8-9,11-12H2,1-3H3. The Morgan fingerprint density at radius 1 is 1.29 bits per heavy atom. The fourth-order valence-electron chi connectivity index (χ4n) is 4.00. The molecule has 1 aromatic carbocycles. The van der Waals surface area contributed by atoms with E-state index in [0.29, 0.717) is 17.5 Å². The summed E-state index contributed by atoms with van der Waals surface area (Å²) < 4.78 is 1.21. The number of hydrogen-bond donors (Lipinski definition) is 1. The van der Waals surface area contributed by atoms with Crippen LogP contribution in [0.25, 0.3) is 0 Å². The summed E-state index contributed by atoms with van der Waals surface area (Å²) in [5.41, 5.74) is 3.09. The third-order valence-electron chi connectivity index (χ3n) is 5.36. The fourth-order valence-corrected chi connectivity index (χ4v) is 4.25. The average Bonchev–Trinajstić information content (AvgIpc) is 2.89. The lowest BCUT2D eigenvalue weighted by molar-refractivity contribution is 0.245. The molecule has 3 heteroatoms. The number of hydrogen-bond acceptors (Lipinski definition) is 2. The molecule has 1 saturated heterocycles. The lowest BCUT2D eigenvalue weighted by atomic mass is 9.88. The van der Waals surface area contributed by atoms with Crippen LogP contribution in [0.1, 0.15) is 45.1 Å². The van der Waals surface area contributed by atoms with E-state index in [1.807, 2.05) is 0 Å². The number of nitrogens with zero attached hydrogens (tertiary/aromatic N) is 1. The molecule has 1 N–H and O–H groups in total. The summed E-state index contributed by atoms with van der Waals surface area (Å²) in [6.45, 7) is 9.16. The molecule has 0 amide bonds. The van der Waals surface area contributed by atoms with Crippen molar-refractivity contribution in [3.8, 4) is 0 Å². The van der Waals surface area contributed by atoms with Gasteiger partial charge in [0, 0.05) is 34.8 Å². The maximum absolute atomic E-state index is 3.90. The van der Waals surface area contributed by atoms with Crippen molar-refractivity contribution in [3.63, 3.8) is 0 Å². The van der Waals surface area contributed by atoms with Gasteiger partial charge in [0.15, 0.2) is 0 Å². The number of rotatable bonds is 2. The van der Waals surface area contributed by atoms with Gasteiger partial charge in [0.25, 0.3) is 0 Å². The van der Waals surface area contributed by atoms with E-state index in [2.05, 4.69) is 65.1 Å². The van der Waals surface area contributed by atoms with E-state index in [9.17, 15) is 0 Å². The minimum Gasteiger partial charge on any atom is -0.365 e. The van der Waals surface area contributed by atoms with Crippen LogP contribution in [0.4, 0.5) is 5.69 Å². The Bertz CT molecular complexity index is 506. The molecular weight excluding hydrogens is 324 g/mol. The van der Waals surface area contributed by atoms with Crippen molar-refractivity contribution in [2.45, 2.75) is 58.0 Å². The molecule has 1 aliphatic carbocycles. The van der Waals surface area contributed by atoms with Crippen molar-refractivity contribution in [1.29, 1.82) is 0 Å². The topological polar surface area (TPSA) is 15.3 Å². The first-order chi connectivity index (χ1) is 10.0. The Labute approximate surface area is 137 Å². The quantitative estimate of drug-likeness (QED) is 0.844. The smallest absolute Gasteiger partial charge is 0.0438 e. The van der Waals surface area contributed by atoms with Gasteiger partial charge in [-0.15, -0.1) is 0 Å². The van der Waals surface area contributed by atoms with Crippen molar-refractivity contribution in [2.75, 3.05) is 18.0 Å². The van der Waals surface area contributed by atoms with Gasteiger partial charge in [-0.25, -0.2) is 0 Å². The second-order valence-electron chi connectivity index (χ2n) is 7.24. The first kappa shape index (κ1) is 15.4. The summed E-state index contributed by atoms with van der Waals surface area (Å²) in [6, 6.07) is 7.41. The monoisotopic (exact) mass is 350 g/mol. The first-order valence-corrected chi connectivity index (χ1v) is 9.08. The van der Waals surface area contributed by atoms with Crippen molar-refractivity contribution in [2.24, 2.45) is 5.92 Å². The Kier molecular flexibility index (Phi) is 4.33. The molecule has 116 valence electrons. The minimum atomic E-state index is 0.367. The highest BCUT2D eigenvalue weighted by Gasteiger charge is 2.41. The van der Waals surface area contributed by atoms with E-state index >= 15 is 0 Å². The zero-order valence-electron chi connectivity index (χ0n) is 13.5. The summed E-state index contributed by atoms with van der Waals surface area (Å²) in [4.78, 5) is 2.67. The fraction of sp³-hybridized carbons (Fsp3) is 0.667. The van der Waals surface area contributed by atoms with E-state index in [1.54, 1.807) is 0 Å². The van der Waals surface area contributed by atoms with Crippen molar-refractivity contribution >= 4 is 21.6 Å². The Balaban J connectivity index is 1.91. The molecule has 3 rings (SSSR count). The maximum atomic E-state index is 3.90. The Morgan fingerprint density at radius 3 is 2.62 bits per heavy atom. The third kappa shape index (κ3) is 3.00. The molecule has 1 heterocycles. The highest BCUT2D eigenvalue weighted by Crippen LogP contribution is 2.37. The van der Waals surface area contributed by atoms with Crippen molar-refractivity contribution in [3.05, 3.63) is 28.2 Å². The summed E-state index contributed by atoms with van der Waals surface area (Å²) in [5.74, 6) is 0.667. The molecule has 2 aliphatic rings. The van der Waals surface area contributed by atoms with Crippen LogP contribution in [-0.2, 0) is 0 Å². The van der Waals surface area contributed by atoms with Crippen molar-refractivity contribution in [1.82, 2.24) is 5.32 Å². The van der Waals surface area contributed by atoms with Crippen LogP contribution in [0.5, 0.6) is 0 Å². The maximum Gasteiger partial charge on any atom is 0.0438 e. The average molecular weight is 351 g/mol. The number of nitrogens with one attached hydrogen (secondary N) is 1. The predicted molar refractivity (Wildman–Crippen MR) is 94.1 cm³/mol. The minimum absolute atomic E-state index is 0.367. The van der Waals surface area contributed by atoms with Crippen LogP contribution in [0, 0.1) is 12.8 Å². The number of aryl methyl sites for hydroxylation is 1. The SMILES string of the molecule is Cc1cc(N2CC3(CCCC3)NCC2C(C)C)ccc1Br. The number of benzene rings is 1. The van der Waals surface area contributed by atoms with Gasteiger partial charge in [-0.05, 0) is 49.4 Å². The van der Waals surface area contributed by atoms with Crippen molar-refractivity contribution < 1.29 is 0 Å². The second kappa shape index (κ2) is 5.92. The lowest BCUT2D eigenvalue weighted by Crippen LogP contribution is -2.64. The van der Waals surface area contributed by atoms with Crippen LogP contribution in [0.2, 0.25) is 0 Å². The summed E-state index contributed by atoms with van der Waals surface area (Å²) in [5, 5.41) is 3.90. The zero-order chi connectivity index (χ0) is 15.0. The van der Waals surface area contributed by atoms with E-state index in [4.69, 9.17) is 0 Å². The zero-order valence-corrected chi connectivity index (χ0v) is 15.0. The van der Waals surface area contributed by atoms with Crippen LogP contribution in [0.15, 0.2) is 22.7 Å². The first-order valence-electron chi connectivity index (χ1n) is 8.29. The van der Waals surface area contributed by atoms with Crippen LogP contribution < -0.4 is 10.2 Å².